The third-order valence-electron chi connectivity index (χ3n) is 3.30. The van der Waals surface area contributed by atoms with Crippen LogP contribution in [0.5, 0.6) is 5.75 Å². The number of hydrogen-bond donors (Lipinski definition) is 0. The van der Waals surface area contributed by atoms with Crippen molar-refractivity contribution >= 4 is 5.91 Å². The van der Waals surface area contributed by atoms with Crippen LogP contribution >= 0.6 is 0 Å². The van der Waals surface area contributed by atoms with Crippen molar-refractivity contribution in [2.75, 3.05) is 20.2 Å². The van der Waals surface area contributed by atoms with Gasteiger partial charge >= 0.3 is 0 Å². The number of carbonyl (C=O) groups is 1. The Bertz CT molecular complexity index is 434. The van der Waals surface area contributed by atoms with Crippen LogP contribution in [0.3, 0.4) is 0 Å². The first-order valence-corrected chi connectivity index (χ1v) is 6.66. The van der Waals surface area contributed by atoms with E-state index in [9.17, 15) is 9.18 Å². The summed E-state index contributed by atoms with van der Waals surface area (Å²) >= 11 is 0. The van der Waals surface area contributed by atoms with Gasteiger partial charge in [-0.3, -0.25) is 4.79 Å². The molecule has 1 rings (SSSR count). The van der Waals surface area contributed by atoms with Crippen molar-refractivity contribution in [3.8, 4) is 5.75 Å². The highest BCUT2D eigenvalue weighted by molar-refractivity contribution is 5.94. The Balaban J connectivity index is 2.91. The molecule has 0 radical (unpaired) electrons. The molecule has 0 aromatic heterocycles. The van der Waals surface area contributed by atoms with E-state index in [-0.39, 0.29) is 11.5 Å². The smallest absolute Gasteiger partial charge is 0.256 e. The van der Waals surface area contributed by atoms with E-state index in [2.05, 4.69) is 13.8 Å². The van der Waals surface area contributed by atoms with E-state index in [4.69, 9.17) is 4.74 Å². The summed E-state index contributed by atoms with van der Waals surface area (Å²) < 4.78 is 18.8. The molecule has 0 saturated heterocycles. The number of halogens is 1. The highest BCUT2D eigenvalue weighted by Gasteiger charge is 2.19. The monoisotopic (exact) mass is 267 g/mol. The van der Waals surface area contributed by atoms with Crippen LogP contribution < -0.4 is 4.74 Å². The summed E-state index contributed by atoms with van der Waals surface area (Å²) in [6.45, 7) is 7.30. The van der Waals surface area contributed by atoms with E-state index in [1.54, 1.807) is 11.0 Å². The van der Waals surface area contributed by atoms with Crippen molar-refractivity contribution in [1.29, 1.82) is 0 Å². The number of rotatable bonds is 6. The minimum absolute atomic E-state index is 0.103. The zero-order valence-corrected chi connectivity index (χ0v) is 12.1. The fraction of sp³-hybridized carbons (Fsp3) is 0.533. The Hall–Kier alpha value is -1.58. The second kappa shape index (κ2) is 7.12. The van der Waals surface area contributed by atoms with E-state index in [1.165, 1.54) is 19.2 Å². The Morgan fingerprint density at radius 2 is 2.11 bits per heavy atom. The van der Waals surface area contributed by atoms with E-state index < -0.39 is 5.82 Å². The minimum atomic E-state index is -0.535. The predicted octanol–water partition coefficient (Wildman–Crippen LogP) is 3.34. The van der Waals surface area contributed by atoms with Crippen LogP contribution in [0.1, 0.15) is 37.6 Å². The Kier molecular flexibility index (Phi) is 5.80. The van der Waals surface area contributed by atoms with Gasteiger partial charge in [-0.15, -0.1) is 0 Å². The van der Waals surface area contributed by atoms with Crippen LogP contribution in [-0.2, 0) is 0 Å². The van der Waals surface area contributed by atoms with Crippen LogP contribution in [-0.4, -0.2) is 31.0 Å². The summed E-state index contributed by atoms with van der Waals surface area (Å²) in [6.07, 6.45) is 0.995. The molecule has 106 valence electrons. The van der Waals surface area contributed by atoms with Gasteiger partial charge in [0, 0.05) is 19.2 Å². The number of nitrogens with zero attached hydrogens (tertiary/aromatic N) is 1. The highest BCUT2D eigenvalue weighted by atomic mass is 19.1. The van der Waals surface area contributed by atoms with E-state index in [0.717, 1.165) is 6.42 Å². The lowest BCUT2D eigenvalue weighted by Crippen LogP contribution is -2.35. The summed E-state index contributed by atoms with van der Waals surface area (Å²) in [7, 11) is 1.47. The molecule has 0 bridgehead atoms. The summed E-state index contributed by atoms with van der Waals surface area (Å²) in [5.41, 5.74) is 0.103. The van der Waals surface area contributed by atoms with Gasteiger partial charge in [0.2, 0.25) is 0 Å². The molecule has 0 aliphatic carbocycles. The van der Waals surface area contributed by atoms with Crippen LogP contribution in [0.15, 0.2) is 18.2 Å². The van der Waals surface area contributed by atoms with Gasteiger partial charge in [-0.2, -0.15) is 0 Å². The molecule has 0 N–H and O–H groups in total. The van der Waals surface area contributed by atoms with Crippen molar-refractivity contribution in [2.24, 2.45) is 5.92 Å². The number of benzene rings is 1. The Labute approximate surface area is 114 Å². The topological polar surface area (TPSA) is 29.5 Å². The molecule has 0 aliphatic heterocycles. The zero-order valence-electron chi connectivity index (χ0n) is 12.1. The third kappa shape index (κ3) is 3.94. The average molecular weight is 267 g/mol. The van der Waals surface area contributed by atoms with Crippen LogP contribution in [0.25, 0.3) is 0 Å². The lowest BCUT2D eigenvalue weighted by molar-refractivity contribution is 0.0736. The van der Waals surface area contributed by atoms with Crippen molar-refractivity contribution in [3.05, 3.63) is 29.6 Å². The number of methoxy groups -OCH3 is 1. The fourth-order valence-corrected chi connectivity index (χ4v) is 1.83. The Morgan fingerprint density at radius 1 is 1.42 bits per heavy atom. The van der Waals surface area contributed by atoms with Crippen LogP contribution in [0.2, 0.25) is 0 Å². The van der Waals surface area contributed by atoms with Crippen LogP contribution in [0.4, 0.5) is 4.39 Å². The van der Waals surface area contributed by atoms with Crippen molar-refractivity contribution in [3.63, 3.8) is 0 Å². The molecule has 1 atom stereocenters. The molecule has 0 fully saturated rings. The van der Waals surface area contributed by atoms with Gasteiger partial charge < -0.3 is 9.64 Å². The molecule has 1 unspecified atom stereocenters. The standard InChI is InChI=1S/C15H22FNO2/c1-5-11(3)10-17(6-2)15(18)13-8-7-12(19-4)9-14(13)16/h7-9,11H,5-6,10H2,1-4H3. The first kappa shape index (κ1) is 15.5. The SMILES string of the molecule is CCC(C)CN(CC)C(=O)c1ccc(OC)cc1F. The highest BCUT2D eigenvalue weighted by Crippen LogP contribution is 2.18. The number of carbonyl (C=O) groups excluding carboxylic acids is 1. The van der Waals surface area contributed by atoms with Gasteiger partial charge in [-0.05, 0) is 25.0 Å². The van der Waals surface area contributed by atoms with Gasteiger partial charge in [-0.1, -0.05) is 20.3 Å². The van der Waals surface area contributed by atoms with E-state index in [0.29, 0.717) is 24.8 Å². The maximum atomic E-state index is 13.9. The lowest BCUT2D eigenvalue weighted by Gasteiger charge is -2.24. The Morgan fingerprint density at radius 3 is 2.58 bits per heavy atom. The number of hydrogen-bond acceptors (Lipinski definition) is 2. The minimum Gasteiger partial charge on any atom is -0.497 e. The second-order valence-electron chi connectivity index (χ2n) is 4.70. The molecule has 3 nitrogen and oxygen atoms in total. The number of amides is 1. The van der Waals surface area contributed by atoms with Gasteiger partial charge in [-0.25, -0.2) is 4.39 Å². The maximum Gasteiger partial charge on any atom is 0.256 e. The fourth-order valence-electron chi connectivity index (χ4n) is 1.83. The van der Waals surface area contributed by atoms with Gasteiger partial charge in [0.1, 0.15) is 11.6 Å². The van der Waals surface area contributed by atoms with E-state index in [1.807, 2.05) is 6.92 Å². The summed E-state index contributed by atoms with van der Waals surface area (Å²) in [5.74, 6) is 0.0270. The average Bonchev–Trinajstić information content (AvgIpc) is 2.43. The molecular weight excluding hydrogens is 245 g/mol. The predicted molar refractivity (Wildman–Crippen MR) is 74.0 cm³/mol. The van der Waals surface area contributed by atoms with Crippen molar-refractivity contribution < 1.29 is 13.9 Å². The number of ether oxygens (including phenoxy) is 1. The molecule has 0 aliphatic rings. The quantitative estimate of drug-likeness (QED) is 0.791. The third-order valence-corrected chi connectivity index (χ3v) is 3.30. The first-order chi connectivity index (χ1) is 9.03. The second-order valence-corrected chi connectivity index (χ2v) is 4.70. The largest absolute Gasteiger partial charge is 0.497 e. The molecule has 1 aromatic rings. The first-order valence-electron chi connectivity index (χ1n) is 6.66. The molecule has 0 spiro atoms. The van der Waals surface area contributed by atoms with Gasteiger partial charge in [0.25, 0.3) is 5.91 Å². The van der Waals surface area contributed by atoms with E-state index >= 15 is 0 Å². The summed E-state index contributed by atoms with van der Waals surface area (Å²) in [5, 5.41) is 0. The van der Waals surface area contributed by atoms with Gasteiger partial charge in [0.05, 0.1) is 12.7 Å². The summed E-state index contributed by atoms with van der Waals surface area (Å²) in [4.78, 5) is 14.0. The lowest BCUT2D eigenvalue weighted by atomic mass is 10.1. The summed E-state index contributed by atoms with van der Waals surface area (Å²) in [6, 6.07) is 4.33. The van der Waals surface area contributed by atoms with Crippen molar-refractivity contribution in [2.45, 2.75) is 27.2 Å². The molecule has 1 aromatic carbocycles. The van der Waals surface area contributed by atoms with Gasteiger partial charge in [0.15, 0.2) is 0 Å². The van der Waals surface area contributed by atoms with Crippen molar-refractivity contribution in [1.82, 2.24) is 4.90 Å². The molecule has 19 heavy (non-hydrogen) atoms. The molecule has 4 heteroatoms. The zero-order chi connectivity index (χ0) is 14.4. The molecule has 0 saturated carbocycles. The molecule has 0 heterocycles. The van der Waals surface area contributed by atoms with Crippen LogP contribution in [0, 0.1) is 11.7 Å². The normalized spacial score (nSPS) is 12.1. The molecule has 1 amide bonds. The maximum absolute atomic E-state index is 13.9. The molecular formula is C15H22FNO2.